The van der Waals surface area contributed by atoms with Gasteiger partial charge in [-0.2, -0.15) is 0 Å². The molecular weight excluding hydrogens is 276 g/mol. The van der Waals surface area contributed by atoms with E-state index in [1.165, 1.54) is 18.4 Å². The Morgan fingerprint density at radius 1 is 1.50 bits per heavy atom. The van der Waals surface area contributed by atoms with E-state index in [0.29, 0.717) is 17.3 Å². The van der Waals surface area contributed by atoms with Crippen molar-refractivity contribution in [1.82, 2.24) is 9.55 Å². The van der Waals surface area contributed by atoms with Crippen molar-refractivity contribution in [2.75, 3.05) is 7.11 Å². The molecule has 104 valence electrons. The third kappa shape index (κ3) is 2.65. The van der Waals surface area contributed by atoms with Crippen LogP contribution in [0.25, 0.3) is 0 Å². The van der Waals surface area contributed by atoms with E-state index in [1.54, 1.807) is 23.0 Å². The summed E-state index contributed by atoms with van der Waals surface area (Å²) in [5, 5.41) is 0. The van der Waals surface area contributed by atoms with Crippen molar-refractivity contribution in [2.45, 2.75) is 25.3 Å². The number of nitrogens with zero attached hydrogens (tertiary/aromatic N) is 2. The molecule has 1 saturated carbocycles. The van der Waals surface area contributed by atoms with E-state index in [2.05, 4.69) is 9.72 Å². The maximum absolute atomic E-state index is 12.0. The van der Waals surface area contributed by atoms with Crippen LogP contribution in [0.2, 0.25) is 0 Å². The molecule has 3 rings (SSSR count). The standard InChI is InChI=1S/C14H14N2O3S/c1-19-14(18)12-5-4-10(20-12)7-16-8-15-11(6-13(16)17)9-2-3-9/h4-6,8-9H,2-3,7H2,1H3. The first-order valence-corrected chi connectivity index (χ1v) is 7.22. The number of hydrogen-bond acceptors (Lipinski definition) is 5. The molecule has 2 heterocycles. The SMILES string of the molecule is COC(=O)c1ccc(Cn2cnc(C3CC3)cc2=O)s1. The van der Waals surface area contributed by atoms with Crippen LogP contribution in [0.5, 0.6) is 0 Å². The Morgan fingerprint density at radius 2 is 2.30 bits per heavy atom. The number of aromatic nitrogens is 2. The molecule has 0 N–H and O–H groups in total. The summed E-state index contributed by atoms with van der Waals surface area (Å²) in [5.41, 5.74) is 0.850. The number of ether oxygens (including phenoxy) is 1. The molecule has 1 fully saturated rings. The number of hydrogen-bond donors (Lipinski definition) is 0. The molecule has 5 nitrogen and oxygen atoms in total. The highest BCUT2D eigenvalue weighted by Gasteiger charge is 2.25. The zero-order valence-electron chi connectivity index (χ0n) is 11.0. The highest BCUT2D eigenvalue weighted by molar-refractivity contribution is 7.13. The summed E-state index contributed by atoms with van der Waals surface area (Å²) in [6.07, 6.45) is 3.85. The Labute approximate surface area is 119 Å². The number of carbonyl (C=O) groups excluding carboxylic acids is 1. The zero-order valence-corrected chi connectivity index (χ0v) is 11.9. The van der Waals surface area contributed by atoms with Crippen molar-refractivity contribution in [2.24, 2.45) is 0 Å². The molecule has 0 aliphatic heterocycles. The number of methoxy groups -OCH3 is 1. The maximum atomic E-state index is 12.0. The molecule has 6 heteroatoms. The quantitative estimate of drug-likeness (QED) is 0.808. The summed E-state index contributed by atoms with van der Waals surface area (Å²) >= 11 is 1.33. The fraction of sp³-hybridized carbons (Fsp3) is 0.357. The molecule has 1 aliphatic rings. The van der Waals surface area contributed by atoms with Gasteiger partial charge in [-0.1, -0.05) is 0 Å². The molecule has 0 unspecified atom stereocenters. The molecule has 2 aromatic rings. The molecule has 0 bridgehead atoms. The Kier molecular flexibility index (Phi) is 3.40. The van der Waals surface area contributed by atoms with Crippen LogP contribution in [0, 0.1) is 0 Å². The Morgan fingerprint density at radius 3 is 2.95 bits per heavy atom. The molecule has 0 aromatic carbocycles. The Balaban J connectivity index is 1.78. The Bertz CT molecular complexity index is 700. The molecular formula is C14H14N2O3S. The summed E-state index contributed by atoms with van der Waals surface area (Å²) in [6.45, 7) is 0.429. The van der Waals surface area contributed by atoms with Gasteiger partial charge in [-0.15, -0.1) is 11.3 Å². The van der Waals surface area contributed by atoms with Gasteiger partial charge in [-0.25, -0.2) is 9.78 Å². The van der Waals surface area contributed by atoms with Crippen LogP contribution in [-0.2, 0) is 11.3 Å². The summed E-state index contributed by atoms with van der Waals surface area (Å²) in [5.74, 6) is 0.126. The first-order chi connectivity index (χ1) is 9.67. The van der Waals surface area contributed by atoms with Gasteiger partial charge in [0, 0.05) is 16.9 Å². The highest BCUT2D eigenvalue weighted by Crippen LogP contribution is 2.38. The molecule has 2 aromatic heterocycles. The van der Waals surface area contributed by atoms with E-state index >= 15 is 0 Å². The number of esters is 1. The minimum absolute atomic E-state index is 0.0464. The fourth-order valence-corrected chi connectivity index (χ4v) is 2.93. The summed E-state index contributed by atoms with van der Waals surface area (Å²) in [6, 6.07) is 5.16. The number of thiophene rings is 1. The first kappa shape index (κ1) is 13.1. The van der Waals surface area contributed by atoms with Crippen molar-refractivity contribution in [1.29, 1.82) is 0 Å². The van der Waals surface area contributed by atoms with Gasteiger partial charge >= 0.3 is 5.97 Å². The fourth-order valence-electron chi connectivity index (χ4n) is 2.00. The lowest BCUT2D eigenvalue weighted by molar-refractivity contribution is 0.0606. The topological polar surface area (TPSA) is 61.2 Å². The number of carbonyl (C=O) groups is 1. The third-order valence-electron chi connectivity index (χ3n) is 3.27. The second kappa shape index (κ2) is 5.20. The van der Waals surface area contributed by atoms with Gasteiger partial charge in [0.05, 0.1) is 25.7 Å². The zero-order chi connectivity index (χ0) is 14.1. The van der Waals surface area contributed by atoms with Crippen molar-refractivity contribution < 1.29 is 9.53 Å². The lowest BCUT2D eigenvalue weighted by Gasteiger charge is -2.04. The highest BCUT2D eigenvalue weighted by atomic mass is 32.1. The van der Waals surface area contributed by atoms with Gasteiger partial charge in [0.15, 0.2) is 0 Å². The van der Waals surface area contributed by atoms with Crippen molar-refractivity contribution in [3.05, 3.63) is 50.3 Å². The lowest BCUT2D eigenvalue weighted by atomic mass is 10.3. The van der Waals surface area contributed by atoms with E-state index in [1.807, 2.05) is 6.07 Å². The predicted molar refractivity (Wildman–Crippen MR) is 75.2 cm³/mol. The largest absolute Gasteiger partial charge is 0.465 e. The molecule has 0 radical (unpaired) electrons. The molecule has 0 amide bonds. The van der Waals surface area contributed by atoms with Gasteiger partial charge < -0.3 is 4.74 Å². The molecule has 20 heavy (non-hydrogen) atoms. The monoisotopic (exact) mass is 290 g/mol. The van der Waals surface area contributed by atoms with Gasteiger partial charge in [-0.05, 0) is 25.0 Å². The average molecular weight is 290 g/mol. The van der Waals surface area contributed by atoms with Crippen molar-refractivity contribution in [3.63, 3.8) is 0 Å². The van der Waals surface area contributed by atoms with Crippen LogP contribution in [0.3, 0.4) is 0 Å². The minimum Gasteiger partial charge on any atom is -0.465 e. The summed E-state index contributed by atoms with van der Waals surface area (Å²) in [4.78, 5) is 29.2. The van der Waals surface area contributed by atoms with Crippen LogP contribution in [-0.4, -0.2) is 22.6 Å². The second-order valence-electron chi connectivity index (χ2n) is 4.81. The van der Waals surface area contributed by atoms with Crippen LogP contribution in [0.1, 0.15) is 39.0 Å². The van der Waals surface area contributed by atoms with Crippen LogP contribution < -0.4 is 5.56 Å². The lowest BCUT2D eigenvalue weighted by Crippen LogP contribution is -2.20. The molecule has 0 atom stereocenters. The first-order valence-electron chi connectivity index (χ1n) is 6.41. The van der Waals surface area contributed by atoms with Crippen molar-refractivity contribution in [3.8, 4) is 0 Å². The minimum atomic E-state index is -0.351. The van der Waals surface area contributed by atoms with Crippen LogP contribution in [0.15, 0.2) is 29.3 Å². The number of rotatable bonds is 4. The van der Waals surface area contributed by atoms with Gasteiger partial charge in [0.1, 0.15) is 4.88 Å². The van der Waals surface area contributed by atoms with Gasteiger partial charge in [0.25, 0.3) is 5.56 Å². The molecule has 0 saturated heterocycles. The Hall–Kier alpha value is -1.95. The smallest absolute Gasteiger partial charge is 0.348 e. The van der Waals surface area contributed by atoms with E-state index in [0.717, 1.165) is 23.4 Å². The van der Waals surface area contributed by atoms with E-state index < -0.39 is 0 Å². The van der Waals surface area contributed by atoms with Crippen molar-refractivity contribution >= 4 is 17.3 Å². The van der Waals surface area contributed by atoms with Gasteiger partial charge in [-0.3, -0.25) is 9.36 Å². The predicted octanol–water partition coefficient (Wildman–Crippen LogP) is 2.02. The third-order valence-corrected chi connectivity index (χ3v) is 4.32. The van der Waals surface area contributed by atoms with Crippen LogP contribution >= 0.6 is 11.3 Å². The summed E-state index contributed by atoms with van der Waals surface area (Å²) < 4.78 is 6.22. The second-order valence-corrected chi connectivity index (χ2v) is 5.98. The normalized spacial score (nSPS) is 14.2. The van der Waals surface area contributed by atoms with E-state index in [4.69, 9.17) is 0 Å². The van der Waals surface area contributed by atoms with Gasteiger partial charge in [0.2, 0.25) is 0 Å². The molecule has 0 spiro atoms. The molecule has 1 aliphatic carbocycles. The van der Waals surface area contributed by atoms with E-state index in [-0.39, 0.29) is 11.5 Å². The van der Waals surface area contributed by atoms with Crippen LogP contribution in [0.4, 0.5) is 0 Å². The van der Waals surface area contributed by atoms with E-state index in [9.17, 15) is 9.59 Å². The summed E-state index contributed by atoms with van der Waals surface area (Å²) in [7, 11) is 1.35. The average Bonchev–Trinajstić information content (AvgIpc) is 3.20. The maximum Gasteiger partial charge on any atom is 0.348 e.